The standard InChI is InChI=1S/C13H28N2O/c1-5-12(16)15-10-8-6-7-9-14-11-13(2,3)4/h14H,5-11H2,1-4H3,(H,15,16). The van der Waals surface area contributed by atoms with Crippen LogP contribution in [0.5, 0.6) is 0 Å². The molecule has 0 aliphatic rings. The molecule has 0 bridgehead atoms. The quantitative estimate of drug-likeness (QED) is 0.626. The SMILES string of the molecule is CCC(=O)NCCCCCNCC(C)(C)C. The first-order valence-corrected chi connectivity index (χ1v) is 6.43. The molecule has 3 heteroatoms. The third kappa shape index (κ3) is 11.5. The van der Waals surface area contributed by atoms with Gasteiger partial charge in [-0.2, -0.15) is 0 Å². The van der Waals surface area contributed by atoms with E-state index >= 15 is 0 Å². The lowest BCUT2D eigenvalue weighted by Gasteiger charge is -2.18. The smallest absolute Gasteiger partial charge is 0.219 e. The van der Waals surface area contributed by atoms with E-state index in [2.05, 4.69) is 31.4 Å². The lowest BCUT2D eigenvalue weighted by atomic mass is 9.97. The highest BCUT2D eigenvalue weighted by atomic mass is 16.1. The maximum atomic E-state index is 10.9. The van der Waals surface area contributed by atoms with E-state index in [0.29, 0.717) is 11.8 Å². The van der Waals surface area contributed by atoms with E-state index in [4.69, 9.17) is 0 Å². The van der Waals surface area contributed by atoms with E-state index in [9.17, 15) is 4.79 Å². The third-order valence-corrected chi connectivity index (χ3v) is 2.33. The molecule has 2 N–H and O–H groups in total. The summed E-state index contributed by atoms with van der Waals surface area (Å²) in [5.41, 5.74) is 0.370. The van der Waals surface area contributed by atoms with Crippen LogP contribution in [0.4, 0.5) is 0 Å². The minimum atomic E-state index is 0.158. The summed E-state index contributed by atoms with van der Waals surface area (Å²) in [5.74, 6) is 0.158. The van der Waals surface area contributed by atoms with Crippen molar-refractivity contribution in [3.05, 3.63) is 0 Å². The fourth-order valence-electron chi connectivity index (χ4n) is 1.37. The first kappa shape index (κ1) is 15.4. The Bertz CT molecular complexity index is 185. The lowest BCUT2D eigenvalue weighted by Crippen LogP contribution is -2.27. The predicted molar refractivity (Wildman–Crippen MR) is 69.5 cm³/mol. The zero-order valence-corrected chi connectivity index (χ0v) is 11.4. The van der Waals surface area contributed by atoms with Crippen LogP contribution in [0.25, 0.3) is 0 Å². The molecule has 1 amide bonds. The Morgan fingerprint density at radius 2 is 1.69 bits per heavy atom. The van der Waals surface area contributed by atoms with E-state index < -0.39 is 0 Å². The van der Waals surface area contributed by atoms with Gasteiger partial charge in [-0.25, -0.2) is 0 Å². The normalized spacial score (nSPS) is 11.5. The summed E-state index contributed by atoms with van der Waals surface area (Å²) in [6.07, 6.45) is 4.05. The molecular weight excluding hydrogens is 200 g/mol. The van der Waals surface area contributed by atoms with E-state index in [-0.39, 0.29) is 5.91 Å². The predicted octanol–water partition coefficient (Wildman–Crippen LogP) is 2.32. The molecule has 0 spiro atoms. The van der Waals surface area contributed by atoms with Gasteiger partial charge in [0.1, 0.15) is 0 Å². The van der Waals surface area contributed by atoms with Crippen molar-refractivity contribution in [2.24, 2.45) is 5.41 Å². The van der Waals surface area contributed by atoms with Crippen molar-refractivity contribution < 1.29 is 4.79 Å². The van der Waals surface area contributed by atoms with Gasteiger partial charge in [0.15, 0.2) is 0 Å². The van der Waals surface area contributed by atoms with E-state index in [1.54, 1.807) is 0 Å². The zero-order valence-electron chi connectivity index (χ0n) is 11.4. The van der Waals surface area contributed by atoms with Crippen molar-refractivity contribution in [1.29, 1.82) is 0 Å². The number of amides is 1. The zero-order chi connectivity index (χ0) is 12.4. The molecule has 0 saturated carbocycles. The molecule has 0 unspecified atom stereocenters. The van der Waals surface area contributed by atoms with Crippen molar-refractivity contribution in [2.75, 3.05) is 19.6 Å². The van der Waals surface area contributed by atoms with Crippen LogP contribution in [0.15, 0.2) is 0 Å². The first-order valence-electron chi connectivity index (χ1n) is 6.43. The number of carbonyl (C=O) groups is 1. The third-order valence-electron chi connectivity index (χ3n) is 2.33. The van der Waals surface area contributed by atoms with Crippen LogP contribution in [-0.4, -0.2) is 25.5 Å². The van der Waals surface area contributed by atoms with Gasteiger partial charge in [0.2, 0.25) is 5.91 Å². The maximum Gasteiger partial charge on any atom is 0.219 e. The van der Waals surface area contributed by atoms with Gasteiger partial charge >= 0.3 is 0 Å². The Labute approximate surface area is 100 Å². The first-order chi connectivity index (χ1) is 7.45. The Hall–Kier alpha value is -0.570. The Morgan fingerprint density at radius 3 is 2.25 bits per heavy atom. The minimum absolute atomic E-state index is 0.158. The molecule has 0 aromatic heterocycles. The fraction of sp³-hybridized carbons (Fsp3) is 0.923. The maximum absolute atomic E-state index is 10.9. The second-order valence-electron chi connectivity index (χ2n) is 5.50. The number of carbonyl (C=O) groups excluding carboxylic acids is 1. The molecule has 0 fully saturated rings. The number of unbranched alkanes of at least 4 members (excludes halogenated alkanes) is 2. The van der Waals surface area contributed by atoms with Gasteiger partial charge in [-0.05, 0) is 31.3 Å². The molecule has 0 heterocycles. The number of hydrogen-bond acceptors (Lipinski definition) is 2. The topological polar surface area (TPSA) is 41.1 Å². The lowest BCUT2D eigenvalue weighted by molar-refractivity contribution is -0.120. The van der Waals surface area contributed by atoms with Crippen molar-refractivity contribution in [1.82, 2.24) is 10.6 Å². The number of hydrogen-bond donors (Lipinski definition) is 2. The van der Waals surface area contributed by atoms with Crippen LogP contribution < -0.4 is 10.6 Å². The molecule has 0 atom stereocenters. The summed E-state index contributed by atoms with van der Waals surface area (Å²) in [6, 6.07) is 0. The van der Waals surface area contributed by atoms with Gasteiger partial charge in [-0.1, -0.05) is 34.1 Å². The van der Waals surface area contributed by atoms with Crippen molar-refractivity contribution in [2.45, 2.75) is 53.4 Å². The summed E-state index contributed by atoms with van der Waals surface area (Å²) in [5, 5.41) is 6.34. The molecule has 0 aromatic carbocycles. The molecular formula is C13H28N2O. The van der Waals surface area contributed by atoms with Gasteiger partial charge in [0, 0.05) is 13.0 Å². The van der Waals surface area contributed by atoms with Crippen LogP contribution in [0.2, 0.25) is 0 Å². The van der Waals surface area contributed by atoms with E-state index in [1.807, 2.05) is 6.92 Å². The molecule has 96 valence electrons. The van der Waals surface area contributed by atoms with Crippen molar-refractivity contribution >= 4 is 5.91 Å². The van der Waals surface area contributed by atoms with Crippen LogP contribution in [0.1, 0.15) is 53.4 Å². The summed E-state index contributed by atoms with van der Waals surface area (Å²) in [6.45, 7) is 11.6. The van der Waals surface area contributed by atoms with Crippen molar-refractivity contribution in [3.8, 4) is 0 Å². The van der Waals surface area contributed by atoms with Gasteiger partial charge in [-0.15, -0.1) is 0 Å². The highest BCUT2D eigenvalue weighted by Crippen LogP contribution is 2.10. The monoisotopic (exact) mass is 228 g/mol. The van der Waals surface area contributed by atoms with Crippen LogP contribution >= 0.6 is 0 Å². The second kappa shape index (κ2) is 8.57. The van der Waals surface area contributed by atoms with Crippen molar-refractivity contribution in [3.63, 3.8) is 0 Å². The van der Waals surface area contributed by atoms with E-state index in [0.717, 1.165) is 26.1 Å². The summed E-state index contributed by atoms with van der Waals surface area (Å²) in [4.78, 5) is 10.9. The largest absolute Gasteiger partial charge is 0.356 e. The average Bonchev–Trinajstić information content (AvgIpc) is 2.20. The van der Waals surface area contributed by atoms with Crippen LogP contribution in [0.3, 0.4) is 0 Å². The Morgan fingerprint density at radius 1 is 1.06 bits per heavy atom. The molecule has 0 aromatic rings. The minimum Gasteiger partial charge on any atom is -0.356 e. The molecule has 3 nitrogen and oxygen atoms in total. The van der Waals surface area contributed by atoms with Crippen LogP contribution in [-0.2, 0) is 4.79 Å². The molecule has 0 saturated heterocycles. The molecule has 0 aliphatic carbocycles. The second-order valence-corrected chi connectivity index (χ2v) is 5.50. The van der Waals surface area contributed by atoms with Crippen LogP contribution in [0, 0.1) is 5.41 Å². The molecule has 0 radical (unpaired) electrons. The molecule has 16 heavy (non-hydrogen) atoms. The van der Waals surface area contributed by atoms with Gasteiger partial charge in [0.05, 0.1) is 0 Å². The summed E-state index contributed by atoms with van der Waals surface area (Å²) < 4.78 is 0. The Balaban J connectivity index is 3.13. The fourth-order valence-corrected chi connectivity index (χ4v) is 1.37. The summed E-state index contributed by atoms with van der Waals surface area (Å²) >= 11 is 0. The highest BCUT2D eigenvalue weighted by Gasteiger charge is 2.07. The van der Waals surface area contributed by atoms with Gasteiger partial charge in [-0.3, -0.25) is 4.79 Å². The number of nitrogens with one attached hydrogen (secondary N) is 2. The number of rotatable bonds is 8. The highest BCUT2D eigenvalue weighted by molar-refractivity contribution is 5.75. The average molecular weight is 228 g/mol. The summed E-state index contributed by atoms with van der Waals surface area (Å²) in [7, 11) is 0. The van der Waals surface area contributed by atoms with Gasteiger partial charge < -0.3 is 10.6 Å². The van der Waals surface area contributed by atoms with E-state index in [1.165, 1.54) is 12.8 Å². The van der Waals surface area contributed by atoms with Gasteiger partial charge in [0.25, 0.3) is 0 Å². The molecule has 0 aliphatic heterocycles. The molecule has 0 rings (SSSR count). The Kier molecular flexibility index (Phi) is 8.26.